The molecule has 0 atom stereocenters. The van der Waals surface area contributed by atoms with Crippen LogP contribution in [0.25, 0.3) is 0 Å². The molecule has 212 valence electrons. The van der Waals surface area contributed by atoms with E-state index in [1.165, 1.54) is 19.3 Å². The molecule has 0 aromatic heterocycles. The average Bonchev–Trinajstić information content (AvgIpc) is 2.30. The van der Waals surface area contributed by atoms with Crippen LogP contribution in [0, 0.1) is 21.7 Å². The molecule has 0 radical (unpaired) electrons. The molecule has 0 nitrogen and oxygen atoms in total. The van der Waals surface area contributed by atoms with Gasteiger partial charge in [-0.1, -0.05) is 132 Å². The number of halogens is 5. The number of alkyl halides is 5. The fraction of sp³-hybridized carbons (Fsp3) is 1.00. The first-order chi connectivity index (χ1) is 12.7. The van der Waals surface area contributed by atoms with Gasteiger partial charge >= 0.3 is 6.18 Å². The summed E-state index contributed by atoms with van der Waals surface area (Å²) in [5.74, 6) is 0. The molecule has 0 unspecified atom stereocenters. The topological polar surface area (TPSA) is 0 Å². The van der Waals surface area contributed by atoms with Crippen LogP contribution in [0.15, 0.2) is 0 Å². The Morgan fingerprint density at radius 3 is 0.848 bits per heavy atom. The van der Waals surface area contributed by atoms with Crippen molar-refractivity contribution in [3.05, 3.63) is 0 Å². The van der Waals surface area contributed by atoms with Crippen molar-refractivity contribution >= 4 is 0 Å². The Morgan fingerprint density at radius 1 is 0.545 bits per heavy atom. The zero-order chi connectivity index (χ0) is 25.6. The second-order valence-corrected chi connectivity index (χ2v) is 12.7. The van der Waals surface area contributed by atoms with Crippen LogP contribution in [0.5, 0.6) is 0 Å². The summed E-state index contributed by atoms with van der Waals surface area (Å²) >= 11 is 0. The Labute approximate surface area is 207 Å². The van der Waals surface area contributed by atoms with Gasteiger partial charge in [-0.2, -0.15) is 13.2 Å². The van der Waals surface area contributed by atoms with Gasteiger partial charge in [0.2, 0.25) is 6.43 Å². The maximum absolute atomic E-state index is 11.6. The third kappa shape index (κ3) is 89.3. The lowest BCUT2D eigenvalue weighted by Gasteiger charge is -2.19. The van der Waals surface area contributed by atoms with Crippen molar-refractivity contribution in [1.29, 1.82) is 0 Å². The minimum absolute atomic E-state index is 0. The van der Waals surface area contributed by atoms with Crippen molar-refractivity contribution in [2.45, 2.75) is 164 Å². The Bertz CT molecular complexity index is 358. The molecule has 0 aliphatic heterocycles. The summed E-state index contributed by atoms with van der Waals surface area (Å²) < 4.78 is 57.7. The molecule has 0 N–H and O–H groups in total. The Hall–Kier alpha value is -0.350. The van der Waals surface area contributed by atoms with Gasteiger partial charge < -0.3 is 0 Å². The highest BCUT2D eigenvalue weighted by atomic mass is 19.4. The quantitative estimate of drug-likeness (QED) is 0.333. The second kappa shape index (κ2) is 21.0. The zero-order valence-corrected chi connectivity index (χ0v) is 22.5. The smallest absolute Gasteiger partial charge is 0.211 e. The predicted molar refractivity (Wildman–Crippen MR) is 145 cm³/mol. The average molecular weight is 497 g/mol. The third-order valence-electron chi connectivity index (χ3n) is 3.56. The van der Waals surface area contributed by atoms with Crippen molar-refractivity contribution in [3.63, 3.8) is 0 Å². The van der Waals surface area contributed by atoms with Crippen LogP contribution in [-0.2, 0) is 0 Å². The first-order valence-electron chi connectivity index (χ1n) is 11.1. The number of rotatable bonds is 2. The van der Waals surface area contributed by atoms with Crippen molar-refractivity contribution in [2.75, 3.05) is 0 Å². The molecule has 0 heterocycles. The van der Waals surface area contributed by atoms with Crippen molar-refractivity contribution < 1.29 is 22.0 Å². The standard InChI is InChI=1S/C7H16.C6H11F3.C6H12F2.C6H14.3CH4/c1-5-6-7(2,3)4;1-5(2,3)4-6(7,8)9;1-6(2,3)4-5(7)8;1-5-6(2,3)4;;;/h5-6H2,1-4H3;4H2,1-3H3;5H,4H2,1-3H3;5H2,1-4H3;3*1H4. The van der Waals surface area contributed by atoms with Gasteiger partial charge in [-0.05, 0) is 28.1 Å². The van der Waals surface area contributed by atoms with E-state index < -0.39 is 24.4 Å². The zero-order valence-electron chi connectivity index (χ0n) is 22.5. The lowest BCUT2D eigenvalue weighted by molar-refractivity contribution is -0.152. The van der Waals surface area contributed by atoms with Crippen LogP contribution < -0.4 is 0 Å². The predicted octanol–water partition coefficient (Wildman–Crippen LogP) is 12.9. The van der Waals surface area contributed by atoms with Gasteiger partial charge in [0.25, 0.3) is 0 Å². The van der Waals surface area contributed by atoms with Gasteiger partial charge in [0, 0.05) is 12.8 Å². The van der Waals surface area contributed by atoms with E-state index in [1.807, 2.05) is 0 Å². The van der Waals surface area contributed by atoms with Gasteiger partial charge in [-0.25, -0.2) is 8.78 Å². The van der Waals surface area contributed by atoms with E-state index in [-0.39, 0.29) is 34.1 Å². The lowest BCUT2D eigenvalue weighted by atomic mass is 9.91. The minimum Gasteiger partial charge on any atom is -0.211 e. The fourth-order valence-electron chi connectivity index (χ4n) is 1.81. The maximum Gasteiger partial charge on any atom is 0.389 e. The highest BCUT2D eigenvalue weighted by Gasteiger charge is 2.33. The van der Waals surface area contributed by atoms with Gasteiger partial charge in [-0.15, -0.1) is 0 Å². The summed E-state index contributed by atoms with van der Waals surface area (Å²) in [6.07, 6.45) is -2.97. The van der Waals surface area contributed by atoms with E-state index in [9.17, 15) is 22.0 Å². The molecule has 0 aromatic rings. The second-order valence-electron chi connectivity index (χ2n) is 12.7. The van der Waals surface area contributed by atoms with Crippen LogP contribution >= 0.6 is 0 Å². The number of hydrogen-bond acceptors (Lipinski definition) is 0. The van der Waals surface area contributed by atoms with Gasteiger partial charge in [0.15, 0.2) is 0 Å². The Kier molecular flexibility index (Phi) is 31.6. The van der Waals surface area contributed by atoms with E-state index in [2.05, 4.69) is 55.4 Å². The minimum atomic E-state index is -4.02. The fourth-order valence-corrected chi connectivity index (χ4v) is 1.81. The van der Waals surface area contributed by atoms with E-state index >= 15 is 0 Å². The monoisotopic (exact) mass is 497 g/mol. The third-order valence-corrected chi connectivity index (χ3v) is 3.56. The van der Waals surface area contributed by atoms with E-state index in [0.717, 1.165) is 0 Å². The molecule has 33 heavy (non-hydrogen) atoms. The van der Waals surface area contributed by atoms with Gasteiger partial charge in [0.1, 0.15) is 0 Å². The van der Waals surface area contributed by atoms with Crippen LogP contribution in [0.1, 0.15) is 151 Å². The highest BCUT2D eigenvalue weighted by molar-refractivity contribution is 4.66. The molecule has 0 spiro atoms. The summed E-state index contributed by atoms with van der Waals surface area (Å²) in [5.41, 5.74) is 0.223. The summed E-state index contributed by atoms with van der Waals surface area (Å²) in [4.78, 5) is 0. The van der Waals surface area contributed by atoms with E-state index in [4.69, 9.17) is 0 Å². The largest absolute Gasteiger partial charge is 0.389 e. The summed E-state index contributed by atoms with van der Waals surface area (Å²) in [6, 6.07) is 0. The molecule has 0 aliphatic carbocycles. The van der Waals surface area contributed by atoms with Gasteiger partial charge in [-0.3, -0.25) is 0 Å². The molecular formula is C28H65F5. The molecule has 0 aromatic carbocycles. The molecule has 0 rings (SSSR count). The molecule has 0 bridgehead atoms. The van der Waals surface area contributed by atoms with E-state index in [0.29, 0.717) is 10.8 Å². The Balaban J connectivity index is -0.0000000535. The van der Waals surface area contributed by atoms with Crippen molar-refractivity contribution in [2.24, 2.45) is 21.7 Å². The van der Waals surface area contributed by atoms with Crippen molar-refractivity contribution in [1.82, 2.24) is 0 Å². The van der Waals surface area contributed by atoms with Crippen LogP contribution in [0.3, 0.4) is 0 Å². The molecule has 0 saturated heterocycles. The summed E-state index contributed by atoms with van der Waals surface area (Å²) in [6.45, 7) is 28.1. The van der Waals surface area contributed by atoms with Crippen molar-refractivity contribution in [3.8, 4) is 0 Å². The first kappa shape index (κ1) is 49.7. The summed E-state index contributed by atoms with van der Waals surface area (Å²) in [7, 11) is 0. The highest BCUT2D eigenvalue weighted by Crippen LogP contribution is 2.31. The first-order valence-corrected chi connectivity index (χ1v) is 11.1. The molecule has 0 saturated carbocycles. The van der Waals surface area contributed by atoms with Crippen LogP contribution in [-0.4, -0.2) is 12.6 Å². The molecular weight excluding hydrogens is 431 g/mol. The molecule has 0 fully saturated rings. The van der Waals surface area contributed by atoms with Crippen LogP contribution in [0.4, 0.5) is 22.0 Å². The van der Waals surface area contributed by atoms with Gasteiger partial charge in [0.05, 0.1) is 0 Å². The maximum atomic E-state index is 11.6. The van der Waals surface area contributed by atoms with E-state index in [1.54, 1.807) is 41.5 Å². The SMILES string of the molecule is C.C.C.CC(C)(C)CC(F)(F)F.CC(C)(C)CC(F)F.CCC(C)(C)C.CCCC(C)(C)C. The number of hydrogen-bond donors (Lipinski definition) is 0. The lowest BCUT2D eigenvalue weighted by Crippen LogP contribution is -2.18. The Morgan fingerprint density at radius 2 is 0.848 bits per heavy atom. The molecule has 5 heteroatoms. The normalized spacial score (nSPS) is 11.6. The molecule has 0 aliphatic rings. The molecule has 0 amide bonds. The van der Waals surface area contributed by atoms with Crippen LogP contribution in [0.2, 0.25) is 0 Å². The summed E-state index contributed by atoms with van der Waals surface area (Å²) in [5, 5.41) is 0.